The van der Waals surface area contributed by atoms with Crippen LogP contribution in [0.25, 0.3) is 0 Å². The number of carbonyl (C=O) groups excluding carboxylic acids is 1. The van der Waals surface area contributed by atoms with Gasteiger partial charge in [-0.05, 0) is 41.8 Å². The van der Waals surface area contributed by atoms with Crippen molar-refractivity contribution in [1.29, 1.82) is 0 Å². The fraction of sp³-hybridized carbons (Fsp3) is 0.429. The molecule has 1 N–H and O–H groups in total. The van der Waals surface area contributed by atoms with E-state index in [1.807, 2.05) is 17.0 Å². The number of fused-ring (bicyclic) bond motifs is 1. The van der Waals surface area contributed by atoms with E-state index in [1.54, 1.807) is 12.4 Å². The molecule has 4 rings (SSSR count). The molecular weight excluding hydrogens is 361 g/mol. The molecular formula is C21H24FN3O3. The fourth-order valence-electron chi connectivity index (χ4n) is 4.14. The summed E-state index contributed by atoms with van der Waals surface area (Å²) in [5, 5.41) is 2.96. The summed E-state index contributed by atoms with van der Waals surface area (Å²) in [5.74, 6) is 0.345. The summed E-state index contributed by atoms with van der Waals surface area (Å²) in [6, 6.07) is 6.68. The van der Waals surface area contributed by atoms with E-state index in [0.717, 1.165) is 11.1 Å². The number of nitrogens with zero attached hydrogens (tertiary/aromatic N) is 2. The van der Waals surface area contributed by atoms with Gasteiger partial charge in [0, 0.05) is 36.5 Å². The molecule has 6 nitrogen and oxygen atoms in total. The maximum absolute atomic E-state index is 13.8. The number of pyridine rings is 1. The lowest BCUT2D eigenvalue weighted by Gasteiger charge is -2.54. The Hall–Kier alpha value is -2.67. The van der Waals surface area contributed by atoms with Crippen molar-refractivity contribution in [1.82, 2.24) is 15.2 Å². The summed E-state index contributed by atoms with van der Waals surface area (Å²) in [7, 11) is 0. The standard InChI is InChI=1S/C21H24FN3O3/c1-21(2)12-25(19(21)14-3-6-23-7-4-14)20(26)24-8-5-15-9-17(22)10-16-11-27-13-28-18(15)16/h3-4,6-7,9-10,19H,5,8,11-13H2,1-2H3,(H,24,26). The molecule has 1 aromatic carbocycles. The molecule has 3 heterocycles. The van der Waals surface area contributed by atoms with Gasteiger partial charge in [0.1, 0.15) is 11.6 Å². The van der Waals surface area contributed by atoms with Crippen molar-refractivity contribution in [3.63, 3.8) is 0 Å². The predicted molar refractivity (Wildman–Crippen MR) is 101 cm³/mol. The molecule has 0 aliphatic carbocycles. The highest BCUT2D eigenvalue weighted by molar-refractivity contribution is 5.76. The molecule has 0 saturated carbocycles. The lowest BCUT2D eigenvalue weighted by atomic mass is 9.72. The first kappa shape index (κ1) is 18.7. The van der Waals surface area contributed by atoms with Crippen LogP contribution in [-0.2, 0) is 17.8 Å². The van der Waals surface area contributed by atoms with Crippen LogP contribution in [-0.4, -0.2) is 35.8 Å². The Morgan fingerprint density at radius 1 is 1.36 bits per heavy atom. The monoisotopic (exact) mass is 385 g/mol. The van der Waals surface area contributed by atoms with Crippen LogP contribution in [0.2, 0.25) is 0 Å². The molecule has 0 spiro atoms. The van der Waals surface area contributed by atoms with E-state index < -0.39 is 0 Å². The molecule has 0 bridgehead atoms. The molecule has 1 saturated heterocycles. The van der Waals surface area contributed by atoms with Gasteiger partial charge in [0.05, 0.1) is 12.6 Å². The van der Waals surface area contributed by atoms with Crippen molar-refractivity contribution in [2.24, 2.45) is 5.41 Å². The van der Waals surface area contributed by atoms with E-state index in [9.17, 15) is 9.18 Å². The molecule has 7 heteroatoms. The van der Waals surface area contributed by atoms with Crippen LogP contribution in [0.5, 0.6) is 5.75 Å². The number of likely N-dealkylation sites (tertiary alicyclic amines) is 1. The van der Waals surface area contributed by atoms with Gasteiger partial charge < -0.3 is 19.7 Å². The molecule has 1 aromatic heterocycles. The van der Waals surface area contributed by atoms with Crippen LogP contribution < -0.4 is 10.1 Å². The number of benzene rings is 1. The van der Waals surface area contributed by atoms with E-state index in [4.69, 9.17) is 9.47 Å². The lowest BCUT2D eigenvalue weighted by molar-refractivity contribution is -0.0177. The van der Waals surface area contributed by atoms with Crippen molar-refractivity contribution < 1.29 is 18.7 Å². The summed E-state index contributed by atoms with van der Waals surface area (Å²) in [4.78, 5) is 18.6. The predicted octanol–water partition coefficient (Wildman–Crippen LogP) is 3.42. The van der Waals surface area contributed by atoms with Gasteiger partial charge in [0.2, 0.25) is 0 Å². The number of carbonyl (C=O) groups is 1. The van der Waals surface area contributed by atoms with E-state index in [1.165, 1.54) is 12.1 Å². The number of aromatic nitrogens is 1. The van der Waals surface area contributed by atoms with E-state index in [2.05, 4.69) is 24.1 Å². The molecule has 148 valence electrons. The third-order valence-electron chi connectivity index (χ3n) is 5.33. The number of halogens is 1. The summed E-state index contributed by atoms with van der Waals surface area (Å²) < 4.78 is 24.6. The zero-order valence-electron chi connectivity index (χ0n) is 16.1. The van der Waals surface area contributed by atoms with E-state index in [0.29, 0.717) is 37.4 Å². The van der Waals surface area contributed by atoms with Crippen molar-refractivity contribution in [2.75, 3.05) is 19.9 Å². The van der Waals surface area contributed by atoms with Gasteiger partial charge in [-0.1, -0.05) is 13.8 Å². The number of urea groups is 1. The Morgan fingerprint density at radius 3 is 2.89 bits per heavy atom. The van der Waals surface area contributed by atoms with Crippen LogP contribution in [0.3, 0.4) is 0 Å². The second kappa shape index (κ2) is 7.39. The highest BCUT2D eigenvalue weighted by atomic mass is 19.1. The van der Waals surface area contributed by atoms with Crippen LogP contribution in [0.1, 0.15) is 36.6 Å². The average Bonchev–Trinajstić information content (AvgIpc) is 2.67. The van der Waals surface area contributed by atoms with E-state index in [-0.39, 0.29) is 30.1 Å². The van der Waals surface area contributed by atoms with Gasteiger partial charge in [0.15, 0.2) is 6.79 Å². The largest absolute Gasteiger partial charge is 0.467 e. The van der Waals surface area contributed by atoms with Crippen molar-refractivity contribution in [2.45, 2.75) is 32.9 Å². The second-order valence-corrected chi connectivity index (χ2v) is 7.95. The number of rotatable bonds is 4. The number of hydrogen-bond acceptors (Lipinski definition) is 4. The van der Waals surface area contributed by atoms with Crippen LogP contribution in [0.4, 0.5) is 9.18 Å². The zero-order chi connectivity index (χ0) is 19.7. The second-order valence-electron chi connectivity index (χ2n) is 7.95. The van der Waals surface area contributed by atoms with Gasteiger partial charge >= 0.3 is 6.03 Å². The minimum Gasteiger partial charge on any atom is -0.467 e. The van der Waals surface area contributed by atoms with Crippen molar-refractivity contribution in [3.8, 4) is 5.75 Å². The number of hydrogen-bond donors (Lipinski definition) is 1. The Balaban J connectivity index is 1.40. The Morgan fingerprint density at radius 2 is 2.14 bits per heavy atom. The van der Waals surface area contributed by atoms with Crippen LogP contribution in [0.15, 0.2) is 36.7 Å². The van der Waals surface area contributed by atoms with Gasteiger partial charge in [-0.3, -0.25) is 4.98 Å². The van der Waals surface area contributed by atoms with Crippen molar-refractivity contribution >= 4 is 6.03 Å². The van der Waals surface area contributed by atoms with Crippen LogP contribution >= 0.6 is 0 Å². The highest BCUT2D eigenvalue weighted by Gasteiger charge is 2.48. The first-order valence-electron chi connectivity index (χ1n) is 9.42. The average molecular weight is 385 g/mol. The first-order chi connectivity index (χ1) is 13.5. The minimum absolute atomic E-state index is 0.00810. The number of ether oxygens (including phenoxy) is 2. The Labute approximate surface area is 163 Å². The Bertz CT molecular complexity index is 873. The SMILES string of the molecule is CC1(C)CN(C(=O)NCCc2cc(F)cc3c2OCOC3)C1c1ccncc1. The summed E-state index contributed by atoms with van der Waals surface area (Å²) >= 11 is 0. The third-order valence-corrected chi connectivity index (χ3v) is 5.33. The number of amides is 2. The normalized spacial score (nSPS) is 20.0. The zero-order valence-corrected chi connectivity index (χ0v) is 16.1. The summed E-state index contributed by atoms with van der Waals surface area (Å²) in [6.07, 6.45) is 3.98. The van der Waals surface area contributed by atoms with Gasteiger partial charge in [-0.25, -0.2) is 9.18 Å². The third kappa shape index (κ3) is 3.54. The minimum atomic E-state index is -0.323. The van der Waals surface area contributed by atoms with Crippen molar-refractivity contribution in [3.05, 3.63) is 59.2 Å². The molecule has 2 amide bonds. The van der Waals surface area contributed by atoms with Crippen LogP contribution in [0, 0.1) is 11.2 Å². The molecule has 28 heavy (non-hydrogen) atoms. The van der Waals surface area contributed by atoms with Gasteiger partial charge in [-0.2, -0.15) is 0 Å². The number of nitrogens with one attached hydrogen (secondary N) is 1. The molecule has 0 radical (unpaired) electrons. The molecule has 1 fully saturated rings. The molecule has 1 atom stereocenters. The quantitative estimate of drug-likeness (QED) is 0.876. The highest BCUT2D eigenvalue weighted by Crippen LogP contribution is 2.48. The summed E-state index contributed by atoms with van der Waals surface area (Å²) in [5.41, 5.74) is 2.53. The van der Waals surface area contributed by atoms with E-state index >= 15 is 0 Å². The molecule has 2 aliphatic rings. The molecule has 2 aliphatic heterocycles. The lowest BCUT2D eigenvalue weighted by Crippen LogP contribution is -2.60. The fourth-order valence-corrected chi connectivity index (χ4v) is 4.14. The van der Waals surface area contributed by atoms with Gasteiger partial charge in [-0.15, -0.1) is 0 Å². The maximum Gasteiger partial charge on any atom is 0.317 e. The van der Waals surface area contributed by atoms with Gasteiger partial charge in [0.25, 0.3) is 0 Å². The summed E-state index contributed by atoms with van der Waals surface area (Å²) in [6.45, 7) is 5.89. The molecule has 2 aromatic rings. The smallest absolute Gasteiger partial charge is 0.317 e. The first-order valence-corrected chi connectivity index (χ1v) is 9.42. The maximum atomic E-state index is 13.8. The molecule has 1 unspecified atom stereocenters. The Kier molecular flexibility index (Phi) is 4.93. The topological polar surface area (TPSA) is 63.7 Å².